The number of hydrogen-bond donors (Lipinski definition) is 3. The van der Waals surface area contributed by atoms with Gasteiger partial charge in [0, 0.05) is 50.3 Å². The summed E-state index contributed by atoms with van der Waals surface area (Å²) in [5.41, 5.74) is 1.12. The summed E-state index contributed by atoms with van der Waals surface area (Å²) < 4.78 is 14.4. The van der Waals surface area contributed by atoms with Crippen molar-refractivity contribution in [1.82, 2.24) is 24.5 Å². The lowest BCUT2D eigenvalue weighted by molar-refractivity contribution is 0.0563. The molecule has 1 amide bonds. The lowest BCUT2D eigenvalue weighted by atomic mass is 9.92. The van der Waals surface area contributed by atoms with Crippen LogP contribution in [0.3, 0.4) is 0 Å². The Balaban J connectivity index is 1.27. The third kappa shape index (κ3) is 4.01. The second-order valence-corrected chi connectivity index (χ2v) is 9.88. The maximum atomic E-state index is 13.2. The summed E-state index contributed by atoms with van der Waals surface area (Å²) in [6.45, 7) is 1.42. The number of aromatic nitrogens is 4. The Hall–Kier alpha value is -3.44. The van der Waals surface area contributed by atoms with Crippen molar-refractivity contribution in [2.75, 3.05) is 38.0 Å². The summed E-state index contributed by atoms with van der Waals surface area (Å²) in [6.07, 6.45) is 7.26. The molecule has 1 aliphatic heterocycles. The maximum absolute atomic E-state index is 13.2. The predicted octanol–water partition coefficient (Wildman–Crippen LogP) is 2.18. The van der Waals surface area contributed by atoms with E-state index < -0.39 is 0 Å². The van der Waals surface area contributed by atoms with Crippen LogP contribution in [0.2, 0.25) is 0 Å². The molecule has 11 heteroatoms. The molecule has 1 saturated heterocycles. The molecule has 0 radical (unpaired) electrons. The lowest BCUT2D eigenvalue weighted by Gasteiger charge is -2.28. The smallest absolute Gasteiger partial charge is 0.274 e. The van der Waals surface area contributed by atoms with E-state index in [2.05, 4.69) is 26.0 Å². The van der Waals surface area contributed by atoms with E-state index in [0.29, 0.717) is 53.6 Å². The molecule has 2 saturated carbocycles. The molecule has 190 valence electrons. The number of carbonyl (C=O) groups excluding carboxylic acids is 1. The largest absolute Gasteiger partial charge is 0.381 e. The lowest BCUT2D eigenvalue weighted by Crippen LogP contribution is -2.40. The molecule has 3 aromatic rings. The fraction of sp³-hybridized carbons (Fsp3) is 0.520. The molecule has 0 spiro atoms. The SMILES string of the molecule is CNc1cc(Nc2cccn(C3[C@H]4COC[C@@H]34)c2=O)nc2c(C(=O)N[C@@H]3CCC[C@@H](OC)C3)cnn12. The zero-order chi connectivity index (χ0) is 24.8. The van der Waals surface area contributed by atoms with E-state index in [-0.39, 0.29) is 29.7 Å². The van der Waals surface area contributed by atoms with Gasteiger partial charge in [-0.1, -0.05) is 0 Å². The number of carbonyl (C=O) groups is 1. The van der Waals surface area contributed by atoms with Crippen LogP contribution in [0.15, 0.2) is 35.4 Å². The van der Waals surface area contributed by atoms with Crippen LogP contribution in [-0.4, -0.2) is 64.6 Å². The van der Waals surface area contributed by atoms with E-state index in [0.717, 1.165) is 25.7 Å². The van der Waals surface area contributed by atoms with Gasteiger partial charge in [0.05, 0.1) is 25.5 Å². The number of methoxy groups -OCH3 is 1. The summed E-state index contributed by atoms with van der Waals surface area (Å²) in [7, 11) is 3.49. The Kier molecular flexibility index (Phi) is 5.88. The average Bonchev–Trinajstić information content (AvgIpc) is 3.21. The van der Waals surface area contributed by atoms with Crippen molar-refractivity contribution in [3.8, 4) is 0 Å². The molecule has 0 aromatic carbocycles. The third-order valence-corrected chi connectivity index (χ3v) is 7.73. The van der Waals surface area contributed by atoms with E-state index in [1.165, 1.54) is 6.20 Å². The minimum Gasteiger partial charge on any atom is -0.381 e. The minimum absolute atomic E-state index is 0.0475. The highest BCUT2D eigenvalue weighted by Crippen LogP contribution is 2.53. The van der Waals surface area contributed by atoms with Crippen molar-refractivity contribution in [1.29, 1.82) is 0 Å². The summed E-state index contributed by atoms with van der Waals surface area (Å²) in [5.74, 6) is 1.71. The van der Waals surface area contributed by atoms with E-state index in [4.69, 9.17) is 9.47 Å². The average molecular weight is 494 g/mol. The Morgan fingerprint density at radius 1 is 1.25 bits per heavy atom. The Bertz CT molecular complexity index is 1340. The van der Waals surface area contributed by atoms with Crippen LogP contribution in [0.25, 0.3) is 5.65 Å². The van der Waals surface area contributed by atoms with Crippen LogP contribution in [0, 0.1) is 11.8 Å². The van der Waals surface area contributed by atoms with Crippen LogP contribution >= 0.6 is 0 Å². The van der Waals surface area contributed by atoms with Crippen LogP contribution in [0.1, 0.15) is 42.1 Å². The Labute approximate surface area is 208 Å². The highest BCUT2D eigenvalue weighted by Gasteiger charge is 2.55. The van der Waals surface area contributed by atoms with Gasteiger partial charge in [-0.15, -0.1) is 0 Å². The second kappa shape index (κ2) is 9.21. The van der Waals surface area contributed by atoms with Crippen molar-refractivity contribution in [3.05, 3.63) is 46.5 Å². The molecule has 6 rings (SSSR count). The molecule has 3 aromatic heterocycles. The fourth-order valence-electron chi connectivity index (χ4n) is 5.72. The predicted molar refractivity (Wildman–Crippen MR) is 134 cm³/mol. The molecule has 1 unspecified atom stereocenters. The Morgan fingerprint density at radius 3 is 2.86 bits per heavy atom. The van der Waals surface area contributed by atoms with Gasteiger partial charge in [0.25, 0.3) is 11.5 Å². The van der Waals surface area contributed by atoms with Crippen LogP contribution in [0.5, 0.6) is 0 Å². The van der Waals surface area contributed by atoms with E-state index in [1.54, 1.807) is 35.4 Å². The molecule has 3 aliphatic rings. The number of nitrogens with one attached hydrogen (secondary N) is 3. The molecule has 11 nitrogen and oxygen atoms in total. The number of ether oxygens (including phenoxy) is 2. The molecule has 0 bridgehead atoms. The standard InChI is InChI=1S/C25H31N7O4/c1-26-21-10-20(29-19-7-4-8-31(25(19)34)22-17-12-36-13-18(17)22)30-23-16(11-27-32(21)23)24(33)28-14-5-3-6-15(9-14)35-2/h4,7-8,10-11,14-15,17-18,22,26H,3,5-6,9,12-13H2,1-2H3,(H,28,33)(H,29,30)/t14-,15-,17-,18+,22?/m1/s1. The first-order valence-corrected chi connectivity index (χ1v) is 12.5. The second-order valence-electron chi connectivity index (χ2n) is 9.88. The highest BCUT2D eigenvalue weighted by molar-refractivity contribution is 6.00. The van der Waals surface area contributed by atoms with Crippen LogP contribution in [-0.2, 0) is 9.47 Å². The number of anilines is 3. The van der Waals surface area contributed by atoms with Gasteiger partial charge in [-0.25, -0.2) is 4.98 Å². The van der Waals surface area contributed by atoms with Crippen molar-refractivity contribution < 1.29 is 14.3 Å². The summed E-state index contributed by atoms with van der Waals surface area (Å²) in [5, 5.41) is 13.8. The number of pyridine rings is 1. The molecule has 4 heterocycles. The maximum Gasteiger partial charge on any atom is 0.274 e. The number of hydrogen-bond acceptors (Lipinski definition) is 8. The summed E-state index contributed by atoms with van der Waals surface area (Å²) in [6, 6.07) is 5.62. The van der Waals surface area contributed by atoms with Crippen molar-refractivity contribution in [2.24, 2.45) is 11.8 Å². The van der Waals surface area contributed by atoms with Gasteiger partial charge < -0.3 is 30.0 Å². The first-order valence-electron chi connectivity index (χ1n) is 12.5. The van der Waals surface area contributed by atoms with Gasteiger partial charge in [0.2, 0.25) is 0 Å². The molecule has 3 fully saturated rings. The first-order chi connectivity index (χ1) is 17.6. The molecule has 3 N–H and O–H groups in total. The van der Waals surface area contributed by atoms with Gasteiger partial charge in [-0.3, -0.25) is 9.59 Å². The molecule has 2 aliphatic carbocycles. The molecule has 36 heavy (non-hydrogen) atoms. The van der Waals surface area contributed by atoms with Crippen molar-refractivity contribution >= 4 is 28.9 Å². The first kappa shape index (κ1) is 23.0. The number of nitrogens with zero attached hydrogens (tertiary/aromatic N) is 4. The van der Waals surface area contributed by atoms with E-state index >= 15 is 0 Å². The number of amides is 1. The zero-order valence-corrected chi connectivity index (χ0v) is 20.4. The third-order valence-electron chi connectivity index (χ3n) is 7.73. The van der Waals surface area contributed by atoms with Gasteiger partial charge in [-0.05, 0) is 37.8 Å². The van der Waals surface area contributed by atoms with Crippen molar-refractivity contribution in [3.63, 3.8) is 0 Å². The Morgan fingerprint density at radius 2 is 2.08 bits per heavy atom. The highest BCUT2D eigenvalue weighted by atomic mass is 16.5. The van der Waals surface area contributed by atoms with Crippen LogP contribution < -0.4 is 21.5 Å². The van der Waals surface area contributed by atoms with E-state index in [9.17, 15) is 9.59 Å². The van der Waals surface area contributed by atoms with Gasteiger partial charge in [0.15, 0.2) is 5.65 Å². The monoisotopic (exact) mass is 493 g/mol. The quantitative estimate of drug-likeness (QED) is 0.458. The van der Waals surface area contributed by atoms with Gasteiger partial charge in [-0.2, -0.15) is 9.61 Å². The fourth-order valence-corrected chi connectivity index (χ4v) is 5.72. The topological polar surface area (TPSA) is 124 Å². The number of rotatable bonds is 7. The van der Waals surface area contributed by atoms with Crippen molar-refractivity contribution in [2.45, 2.75) is 43.9 Å². The van der Waals surface area contributed by atoms with Gasteiger partial charge >= 0.3 is 0 Å². The molecule has 5 atom stereocenters. The van der Waals surface area contributed by atoms with Gasteiger partial charge in [0.1, 0.15) is 22.9 Å². The number of fused-ring (bicyclic) bond motifs is 2. The van der Waals surface area contributed by atoms with Crippen LogP contribution in [0.4, 0.5) is 17.3 Å². The molecular formula is C25H31N7O4. The summed E-state index contributed by atoms with van der Waals surface area (Å²) in [4.78, 5) is 31.1. The molecular weight excluding hydrogens is 462 g/mol. The summed E-state index contributed by atoms with van der Waals surface area (Å²) >= 11 is 0. The zero-order valence-electron chi connectivity index (χ0n) is 20.4. The normalized spacial score (nSPS) is 27.0. The minimum atomic E-state index is -0.219. The van der Waals surface area contributed by atoms with E-state index in [1.807, 2.05) is 12.3 Å².